The Morgan fingerprint density at radius 1 is 1.21 bits per heavy atom. The van der Waals surface area contributed by atoms with Gasteiger partial charge in [-0.2, -0.15) is 4.31 Å². The third-order valence-corrected chi connectivity index (χ3v) is 7.19. The van der Waals surface area contributed by atoms with Crippen molar-refractivity contribution in [1.29, 1.82) is 0 Å². The second-order valence-electron chi connectivity index (χ2n) is 7.42. The average molecular weight is 433 g/mol. The van der Waals surface area contributed by atoms with Crippen molar-refractivity contribution >= 4 is 36.7 Å². The molecule has 0 aliphatic rings. The molecule has 6 nitrogen and oxygen atoms in total. The summed E-state index contributed by atoms with van der Waals surface area (Å²) in [6.45, 7) is 4.55. The van der Waals surface area contributed by atoms with Crippen molar-refractivity contribution < 1.29 is 13.5 Å². The first-order chi connectivity index (χ1) is 13.8. The molecule has 0 spiro atoms. The molecule has 0 aliphatic heterocycles. The SMILES string of the molecule is CC(C)CN(CC[C](O)Cc1ccccc1)S(=O)(=O)c1ccc2nc(N)sc2c1. The molecule has 1 radical (unpaired) electrons. The molecule has 3 aromatic rings. The summed E-state index contributed by atoms with van der Waals surface area (Å²) in [5.74, 6) is 0.156. The summed E-state index contributed by atoms with van der Waals surface area (Å²) in [5.41, 5.74) is 7.42. The first-order valence-corrected chi connectivity index (χ1v) is 11.7. The highest BCUT2D eigenvalue weighted by atomic mass is 32.2. The molecule has 8 heteroatoms. The molecule has 0 saturated heterocycles. The van der Waals surface area contributed by atoms with Gasteiger partial charge < -0.3 is 10.8 Å². The Hall–Kier alpha value is -2.00. The van der Waals surface area contributed by atoms with Gasteiger partial charge in [-0.25, -0.2) is 13.4 Å². The zero-order valence-corrected chi connectivity index (χ0v) is 18.2. The third kappa shape index (κ3) is 5.54. The van der Waals surface area contributed by atoms with E-state index in [9.17, 15) is 13.5 Å². The van der Waals surface area contributed by atoms with E-state index in [0.717, 1.165) is 10.3 Å². The van der Waals surface area contributed by atoms with E-state index in [-0.39, 0.29) is 29.9 Å². The fraction of sp³-hybridized carbons (Fsp3) is 0.333. The van der Waals surface area contributed by atoms with Crippen LogP contribution in [0.5, 0.6) is 0 Å². The smallest absolute Gasteiger partial charge is 0.243 e. The van der Waals surface area contributed by atoms with Gasteiger partial charge in [-0.1, -0.05) is 55.5 Å². The van der Waals surface area contributed by atoms with Crippen molar-refractivity contribution in [3.05, 3.63) is 60.2 Å². The number of rotatable bonds is 9. The number of nitrogens with zero attached hydrogens (tertiary/aromatic N) is 2. The highest BCUT2D eigenvalue weighted by Gasteiger charge is 2.26. The summed E-state index contributed by atoms with van der Waals surface area (Å²) in [6.07, 6.45) is 0.977. The topological polar surface area (TPSA) is 96.5 Å². The van der Waals surface area contributed by atoms with Crippen molar-refractivity contribution in [3.8, 4) is 0 Å². The molecule has 0 saturated carbocycles. The van der Waals surface area contributed by atoms with E-state index in [1.54, 1.807) is 18.2 Å². The predicted octanol–water partition coefficient (Wildman–Crippen LogP) is 4.06. The van der Waals surface area contributed by atoms with Gasteiger partial charge >= 0.3 is 0 Å². The molecule has 0 amide bonds. The molecule has 1 heterocycles. The van der Waals surface area contributed by atoms with Crippen LogP contribution in [0.25, 0.3) is 10.2 Å². The highest BCUT2D eigenvalue weighted by Crippen LogP contribution is 2.28. The Bertz CT molecular complexity index is 1050. The van der Waals surface area contributed by atoms with Crippen LogP contribution >= 0.6 is 11.3 Å². The van der Waals surface area contributed by atoms with E-state index >= 15 is 0 Å². The number of anilines is 1. The normalized spacial score (nSPS) is 12.5. The molecule has 0 aliphatic carbocycles. The fourth-order valence-electron chi connectivity index (χ4n) is 3.12. The van der Waals surface area contributed by atoms with Gasteiger partial charge in [-0.05, 0) is 36.1 Å². The largest absolute Gasteiger partial charge is 0.386 e. The second kappa shape index (κ2) is 9.21. The second-order valence-corrected chi connectivity index (χ2v) is 10.4. The Kier molecular flexibility index (Phi) is 6.89. The minimum absolute atomic E-state index is 0.156. The number of benzene rings is 2. The Labute approximate surface area is 176 Å². The van der Waals surface area contributed by atoms with Crippen LogP contribution in [-0.4, -0.2) is 35.9 Å². The maximum absolute atomic E-state index is 13.3. The maximum atomic E-state index is 13.3. The summed E-state index contributed by atoms with van der Waals surface area (Å²) in [6, 6.07) is 14.5. The average Bonchev–Trinajstić information content (AvgIpc) is 3.04. The van der Waals surface area contributed by atoms with Crippen molar-refractivity contribution in [2.24, 2.45) is 5.92 Å². The highest BCUT2D eigenvalue weighted by molar-refractivity contribution is 7.89. The first kappa shape index (κ1) is 21.7. The van der Waals surface area contributed by atoms with Crippen molar-refractivity contribution in [3.63, 3.8) is 0 Å². The number of hydrogen-bond donors (Lipinski definition) is 2. The lowest BCUT2D eigenvalue weighted by Crippen LogP contribution is -2.35. The molecule has 1 aromatic heterocycles. The van der Waals surface area contributed by atoms with Gasteiger partial charge in [0.1, 0.15) is 0 Å². The van der Waals surface area contributed by atoms with Crippen LogP contribution in [0.15, 0.2) is 53.4 Å². The Balaban J connectivity index is 1.76. The zero-order chi connectivity index (χ0) is 21.0. The number of nitrogens with two attached hydrogens (primary N) is 1. The fourth-order valence-corrected chi connectivity index (χ4v) is 5.60. The van der Waals surface area contributed by atoms with E-state index in [2.05, 4.69) is 4.98 Å². The third-order valence-electron chi connectivity index (χ3n) is 4.48. The van der Waals surface area contributed by atoms with Gasteiger partial charge in [0.15, 0.2) is 5.13 Å². The number of aliphatic hydroxyl groups is 1. The van der Waals surface area contributed by atoms with Crippen LogP contribution in [-0.2, 0) is 16.4 Å². The van der Waals surface area contributed by atoms with Gasteiger partial charge in [0.05, 0.1) is 21.2 Å². The van der Waals surface area contributed by atoms with Gasteiger partial charge in [0, 0.05) is 19.5 Å². The molecule has 0 unspecified atom stereocenters. The number of fused-ring (bicyclic) bond motifs is 1. The van der Waals surface area contributed by atoms with E-state index in [1.165, 1.54) is 15.6 Å². The molecular weight excluding hydrogens is 406 g/mol. The van der Waals surface area contributed by atoms with Crippen molar-refractivity contribution in [2.45, 2.75) is 31.6 Å². The summed E-state index contributed by atoms with van der Waals surface area (Å²) in [7, 11) is -3.70. The van der Waals surface area contributed by atoms with Gasteiger partial charge in [-0.15, -0.1) is 0 Å². The number of nitrogen functional groups attached to an aromatic ring is 1. The lowest BCUT2D eigenvalue weighted by atomic mass is 10.1. The maximum Gasteiger partial charge on any atom is 0.243 e. The number of hydrogen-bond acceptors (Lipinski definition) is 6. The Morgan fingerprint density at radius 3 is 2.62 bits per heavy atom. The molecule has 3 rings (SSSR count). The quantitative estimate of drug-likeness (QED) is 0.531. The van der Waals surface area contributed by atoms with Gasteiger partial charge in [0.2, 0.25) is 10.0 Å². The molecule has 155 valence electrons. The summed E-state index contributed by atoms with van der Waals surface area (Å²) < 4.78 is 28.7. The van der Waals surface area contributed by atoms with E-state index < -0.39 is 10.0 Å². The molecule has 0 atom stereocenters. The Morgan fingerprint density at radius 2 is 1.93 bits per heavy atom. The standard InChI is InChI=1S/C21H26N3O3S2/c1-15(2)14-24(11-10-17(25)12-16-6-4-3-5-7-16)29(26,27)18-8-9-19-20(13-18)28-21(22)23-19/h3-9,13,15,25H,10-12,14H2,1-2H3,(H2,22,23). The van der Waals surface area contributed by atoms with Gasteiger partial charge in [0.25, 0.3) is 0 Å². The molecule has 2 aromatic carbocycles. The van der Waals surface area contributed by atoms with E-state index in [4.69, 9.17) is 5.73 Å². The lowest BCUT2D eigenvalue weighted by Gasteiger charge is -2.25. The van der Waals surface area contributed by atoms with Gasteiger partial charge in [-0.3, -0.25) is 0 Å². The summed E-state index contributed by atoms with van der Waals surface area (Å²) >= 11 is 1.27. The zero-order valence-electron chi connectivity index (χ0n) is 16.6. The van der Waals surface area contributed by atoms with Crippen LogP contribution in [0, 0.1) is 12.0 Å². The lowest BCUT2D eigenvalue weighted by molar-refractivity contribution is 0.256. The minimum Gasteiger partial charge on any atom is -0.386 e. The number of thiazole rings is 1. The summed E-state index contributed by atoms with van der Waals surface area (Å²) in [4.78, 5) is 4.40. The van der Waals surface area contributed by atoms with E-state index in [0.29, 0.717) is 23.6 Å². The molecule has 3 N–H and O–H groups in total. The number of aliphatic hydroxyl groups excluding tert-OH is 1. The monoisotopic (exact) mass is 432 g/mol. The van der Waals surface area contributed by atoms with Crippen LogP contribution < -0.4 is 5.73 Å². The van der Waals surface area contributed by atoms with Crippen LogP contribution in [0.4, 0.5) is 5.13 Å². The molecular formula is C21H26N3O3S2. The predicted molar refractivity (Wildman–Crippen MR) is 118 cm³/mol. The van der Waals surface area contributed by atoms with Crippen LogP contribution in [0.1, 0.15) is 25.8 Å². The summed E-state index contributed by atoms with van der Waals surface area (Å²) in [5, 5.41) is 10.8. The van der Waals surface area contributed by atoms with Crippen molar-refractivity contribution in [2.75, 3.05) is 18.8 Å². The molecule has 0 bridgehead atoms. The minimum atomic E-state index is -3.70. The molecule has 29 heavy (non-hydrogen) atoms. The van der Waals surface area contributed by atoms with Crippen LogP contribution in [0.2, 0.25) is 0 Å². The first-order valence-electron chi connectivity index (χ1n) is 9.49. The molecule has 0 fully saturated rings. The van der Waals surface area contributed by atoms with Crippen molar-refractivity contribution in [1.82, 2.24) is 9.29 Å². The number of aromatic nitrogens is 1. The van der Waals surface area contributed by atoms with Crippen LogP contribution in [0.3, 0.4) is 0 Å². The number of sulfonamides is 1. The van der Waals surface area contributed by atoms with E-state index in [1.807, 2.05) is 44.2 Å².